The number of ether oxygens (including phenoxy) is 10. The summed E-state index contributed by atoms with van der Waals surface area (Å²) in [6.07, 6.45) is 4.76. The number of esters is 1. The fourth-order valence-corrected chi connectivity index (χ4v) is 11.5. The van der Waals surface area contributed by atoms with Crippen LogP contribution in [0.15, 0.2) is 182 Å². The lowest BCUT2D eigenvalue weighted by molar-refractivity contribution is -0.356. The number of rotatable bonds is 35. The zero-order valence-electron chi connectivity index (χ0n) is 46.9. The highest BCUT2D eigenvalue weighted by Crippen LogP contribution is 2.39. The molecule has 2 aliphatic heterocycles. The zero-order valence-corrected chi connectivity index (χ0v) is 47.7. The first-order valence-corrected chi connectivity index (χ1v) is 30.2. The van der Waals surface area contributed by atoms with Gasteiger partial charge in [-0.2, -0.15) is 0 Å². The quantitative estimate of drug-likeness (QED) is 0.0279. The molecule has 0 amide bonds. The van der Waals surface area contributed by atoms with E-state index in [1.165, 1.54) is 58.3 Å². The third-order valence-corrected chi connectivity index (χ3v) is 15.7. The minimum absolute atomic E-state index is 0.0799. The molecule has 0 saturated carbocycles. The predicted molar refractivity (Wildman–Crippen MR) is 314 cm³/mol. The van der Waals surface area contributed by atoms with Gasteiger partial charge in [0.15, 0.2) is 12.4 Å². The Labute approximate surface area is 480 Å². The fraction of sp³-hybridized carbons (Fsp3) is 0.456. The molecule has 6 aromatic carbocycles. The molecule has 2 saturated heterocycles. The molecule has 11 nitrogen and oxygen atoms in total. The molecule has 0 aromatic heterocycles. The summed E-state index contributed by atoms with van der Waals surface area (Å²) in [5.41, 5.74) is 5.44. The number of thioether (sulfide) groups is 1. The van der Waals surface area contributed by atoms with Crippen LogP contribution in [0.5, 0.6) is 0 Å². The van der Waals surface area contributed by atoms with Crippen LogP contribution in [-0.4, -0.2) is 85.5 Å². The number of carbonyl (C=O) groups is 1. The number of unbranched alkanes of at least 4 members (excludes halogenated alkanes) is 9. The molecule has 10 atom stereocenters. The summed E-state index contributed by atoms with van der Waals surface area (Å²) in [4.78, 5) is 13.5. The van der Waals surface area contributed by atoms with Crippen LogP contribution in [0.4, 0.5) is 0 Å². The van der Waals surface area contributed by atoms with Crippen molar-refractivity contribution in [1.29, 1.82) is 0 Å². The first-order valence-electron chi connectivity index (χ1n) is 29.1. The van der Waals surface area contributed by atoms with Crippen LogP contribution in [0, 0.1) is 0 Å². The fourth-order valence-electron chi connectivity index (χ4n) is 10.2. The van der Waals surface area contributed by atoms with Crippen molar-refractivity contribution in [2.75, 3.05) is 19.0 Å². The highest BCUT2D eigenvalue weighted by Gasteiger charge is 2.55. The van der Waals surface area contributed by atoms with Crippen LogP contribution in [0.25, 0.3) is 0 Å². The van der Waals surface area contributed by atoms with Crippen molar-refractivity contribution in [3.8, 4) is 0 Å². The molecule has 0 aliphatic carbocycles. The van der Waals surface area contributed by atoms with Gasteiger partial charge in [0, 0.05) is 6.92 Å². The number of carbonyl (C=O) groups excluding carboxylic acids is 1. The first kappa shape index (κ1) is 60.9. The Balaban J connectivity index is 1.15. The summed E-state index contributed by atoms with van der Waals surface area (Å²) >= 11 is 1.77. The number of hydrogen-bond acceptors (Lipinski definition) is 12. The second-order valence-corrected chi connectivity index (χ2v) is 22.1. The normalized spacial score (nSPS) is 22.9. The molecule has 6 aromatic rings. The molecule has 2 aliphatic rings. The standard InChI is InChI=1S/C68H84O11S/c1-3-4-5-6-7-8-9-10-11-30-43-80-68-66(75-49-58-41-28-17-29-42-58)63(73-47-56-37-24-15-25-38-56)62(60(78-68)51-71-45-54-33-20-13-21-34-54)79-67-65(74-48-57-39-26-16-27-40-57)64(76-52(2)69)61(72-46-55-35-22-14-23-36-55)59(77-67)50-70-44-53-31-18-12-19-32-53/h12-29,31-42,59-68H,3-11,30,43-51H2,1-2H3/t59-,60-,61+,62-,63+,64+,65-,66-,67+,68+/m1/s1. The summed E-state index contributed by atoms with van der Waals surface area (Å²) in [5.74, 6) is 0.372. The monoisotopic (exact) mass is 1110 g/mol. The van der Waals surface area contributed by atoms with Gasteiger partial charge in [-0.05, 0) is 45.6 Å². The van der Waals surface area contributed by atoms with E-state index in [1.54, 1.807) is 11.8 Å². The maximum Gasteiger partial charge on any atom is 0.303 e. The highest BCUT2D eigenvalue weighted by molar-refractivity contribution is 7.99. The molecule has 428 valence electrons. The van der Waals surface area contributed by atoms with Crippen LogP contribution < -0.4 is 0 Å². The van der Waals surface area contributed by atoms with Gasteiger partial charge in [-0.1, -0.05) is 247 Å². The van der Waals surface area contributed by atoms with Gasteiger partial charge in [0.25, 0.3) is 0 Å². The van der Waals surface area contributed by atoms with Gasteiger partial charge in [-0.3, -0.25) is 4.79 Å². The van der Waals surface area contributed by atoms with Crippen LogP contribution in [-0.2, 0) is 91.8 Å². The lowest BCUT2D eigenvalue weighted by Gasteiger charge is -2.50. The van der Waals surface area contributed by atoms with Gasteiger partial charge < -0.3 is 47.4 Å². The molecule has 2 heterocycles. The molecule has 12 heteroatoms. The van der Waals surface area contributed by atoms with E-state index in [4.69, 9.17) is 47.4 Å². The Morgan fingerprint density at radius 2 is 0.762 bits per heavy atom. The molecule has 0 spiro atoms. The van der Waals surface area contributed by atoms with Crippen molar-refractivity contribution in [2.45, 2.75) is 178 Å². The highest BCUT2D eigenvalue weighted by atomic mass is 32.2. The van der Waals surface area contributed by atoms with Crippen LogP contribution in [0.2, 0.25) is 0 Å². The Morgan fingerprint density at radius 1 is 0.400 bits per heavy atom. The SMILES string of the molecule is CCCCCCCCCCCCS[C@@H]1O[C@H](COCc2ccccc2)[C@@H](O[C@@H]2O[C@H](COCc3ccccc3)[C@H](OCc3ccccc3)[C@H](OC(C)=O)[C@H]2OCc2ccccc2)[C@H](OCc2ccccc2)[C@H]1OCc1ccccc1. The first-order chi connectivity index (χ1) is 39.5. The van der Waals surface area contributed by atoms with Crippen molar-refractivity contribution in [1.82, 2.24) is 0 Å². The molecular weight excluding hydrogens is 1020 g/mol. The van der Waals surface area contributed by atoms with E-state index in [-0.39, 0.29) is 33.0 Å². The maximum absolute atomic E-state index is 13.5. The third-order valence-electron chi connectivity index (χ3n) is 14.5. The molecule has 0 unspecified atom stereocenters. The Kier molecular flexibility index (Phi) is 26.6. The van der Waals surface area contributed by atoms with E-state index in [1.807, 2.05) is 146 Å². The maximum atomic E-state index is 13.5. The van der Waals surface area contributed by atoms with E-state index >= 15 is 0 Å². The van der Waals surface area contributed by atoms with Gasteiger partial charge >= 0.3 is 5.97 Å². The Morgan fingerprint density at radius 3 is 1.19 bits per heavy atom. The smallest absolute Gasteiger partial charge is 0.303 e. The largest absolute Gasteiger partial charge is 0.457 e. The molecule has 0 radical (unpaired) electrons. The second kappa shape index (κ2) is 34.9. The van der Waals surface area contributed by atoms with Crippen molar-refractivity contribution < 1.29 is 52.2 Å². The van der Waals surface area contributed by atoms with Crippen LogP contribution >= 0.6 is 11.8 Å². The number of benzene rings is 6. The minimum atomic E-state index is -1.18. The summed E-state index contributed by atoms with van der Waals surface area (Å²) in [7, 11) is 0. The Bertz CT molecular complexity index is 2550. The molecule has 2 fully saturated rings. The van der Waals surface area contributed by atoms with Crippen molar-refractivity contribution in [3.63, 3.8) is 0 Å². The van der Waals surface area contributed by atoms with E-state index in [0.717, 1.165) is 52.0 Å². The van der Waals surface area contributed by atoms with E-state index in [0.29, 0.717) is 19.8 Å². The van der Waals surface area contributed by atoms with Gasteiger partial charge in [0.2, 0.25) is 0 Å². The number of hydrogen-bond donors (Lipinski definition) is 0. The minimum Gasteiger partial charge on any atom is -0.457 e. The average Bonchev–Trinajstić information content (AvgIpc) is 3.69. The van der Waals surface area contributed by atoms with Gasteiger partial charge in [0.1, 0.15) is 48.2 Å². The molecule has 0 bridgehead atoms. The van der Waals surface area contributed by atoms with Gasteiger partial charge in [0.05, 0.1) is 52.9 Å². The van der Waals surface area contributed by atoms with Crippen LogP contribution in [0.3, 0.4) is 0 Å². The third kappa shape index (κ3) is 20.3. The topological polar surface area (TPSA) is 109 Å². The Hall–Kier alpha value is -5.22. The second-order valence-electron chi connectivity index (χ2n) is 20.9. The van der Waals surface area contributed by atoms with E-state index < -0.39 is 66.5 Å². The van der Waals surface area contributed by atoms with E-state index in [9.17, 15) is 4.79 Å². The summed E-state index contributed by atoms with van der Waals surface area (Å²) in [5, 5.41) is 0. The van der Waals surface area contributed by atoms with E-state index in [2.05, 4.69) is 43.3 Å². The summed E-state index contributed by atoms with van der Waals surface area (Å²) in [6.45, 7) is 5.53. The average molecular weight is 1110 g/mol. The summed E-state index contributed by atoms with van der Waals surface area (Å²) < 4.78 is 69.7. The predicted octanol–water partition coefficient (Wildman–Crippen LogP) is 14.2. The zero-order chi connectivity index (χ0) is 55.2. The van der Waals surface area contributed by atoms with Crippen LogP contribution in [0.1, 0.15) is 111 Å². The van der Waals surface area contributed by atoms with Crippen molar-refractivity contribution >= 4 is 17.7 Å². The molecule has 8 rings (SSSR count). The van der Waals surface area contributed by atoms with Gasteiger partial charge in [-0.25, -0.2) is 0 Å². The van der Waals surface area contributed by atoms with Crippen molar-refractivity contribution in [2.24, 2.45) is 0 Å². The molecular formula is C68H84O11S. The summed E-state index contributed by atoms with van der Waals surface area (Å²) in [6, 6.07) is 60.2. The van der Waals surface area contributed by atoms with Crippen molar-refractivity contribution in [3.05, 3.63) is 215 Å². The lowest BCUT2D eigenvalue weighted by Crippen LogP contribution is -2.66. The lowest BCUT2D eigenvalue weighted by atomic mass is 9.96. The molecule has 0 N–H and O–H groups in total. The molecule has 80 heavy (non-hydrogen) atoms. The van der Waals surface area contributed by atoms with Gasteiger partial charge in [-0.15, -0.1) is 11.8 Å².